The Bertz CT molecular complexity index is 700. The van der Waals surface area contributed by atoms with Gasteiger partial charge in [0.25, 0.3) is 0 Å². The molecule has 0 bridgehead atoms. The Balaban J connectivity index is 2.16. The average Bonchev–Trinajstić information content (AvgIpc) is 2.71. The molecule has 0 saturated heterocycles. The monoisotopic (exact) mass is 283 g/mol. The van der Waals surface area contributed by atoms with Gasteiger partial charge in [-0.2, -0.15) is 0 Å². The minimum Gasteiger partial charge on any atom is -0.494 e. The Morgan fingerprint density at radius 3 is 2.10 bits per heavy atom. The summed E-state index contributed by atoms with van der Waals surface area (Å²) in [6.07, 6.45) is 2.35. The van der Waals surface area contributed by atoms with Crippen molar-refractivity contribution >= 4 is 0 Å². The van der Waals surface area contributed by atoms with Crippen LogP contribution in [0.1, 0.15) is 37.5 Å². The van der Waals surface area contributed by atoms with Gasteiger partial charge in [-0.25, -0.2) is 0 Å². The average molecular weight is 283 g/mol. The lowest BCUT2D eigenvalue weighted by Crippen LogP contribution is -2.03. The van der Waals surface area contributed by atoms with Gasteiger partial charge >= 0.3 is 0 Å². The van der Waals surface area contributed by atoms with Gasteiger partial charge in [0.05, 0.1) is 5.69 Å². The van der Waals surface area contributed by atoms with E-state index in [0.717, 1.165) is 23.2 Å². The van der Waals surface area contributed by atoms with Gasteiger partial charge in [-0.15, -0.1) is 0 Å². The second kappa shape index (κ2) is 4.99. The highest BCUT2D eigenvalue weighted by molar-refractivity contribution is 5.57. The molecule has 3 rings (SSSR count). The van der Waals surface area contributed by atoms with Gasteiger partial charge in [0.1, 0.15) is 0 Å². The van der Waals surface area contributed by atoms with Crippen LogP contribution in [0.15, 0.2) is 35.4 Å². The summed E-state index contributed by atoms with van der Waals surface area (Å²) >= 11 is 0. The first kappa shape index (κ1) is 13.8. The van der Waals surface area contributed by atoms with Crippen molar-refractivity contribution in [2.75, 3.05) is 0 Å². The number of aryl methyl sites for hydroxylation is 1. The van der Waals surface area contributed by atoms with Crippen LogP contribution in [0.3, 0.4) is 0 Å². The maximum Gasteiger partial charge on any atom is 0.202 e. The van der Waals surface area contributed by atoms with E-state index in [1.807, 2.05) is 18.2 Å². The fraction of sp³-hybridized carbons (Fsp3) is 0.333. The highest BCUT2D eigenvalue weighted by Crippen LogP contribution is 2.42. The van der Waals surface area contributed by atoms with E-state index < -0.39 is 0 Å². The van der Waals surface area contributed by atoms with Gasteiger partial charge in [0, 0.05) is 11.1 Å². The summed E-state index contributed by atoms with van der Waals surface area (Å²) < 4.78 is 1.57. The third-order valence-electron chi connectivity index (χ3n) is 4.52. The summed E-state index contributed by atoms with van der Waals surface area (Å²) in [7, 11) is 0. The molecule has 1 aromatic heterocycles. The molecule has 1 aliphatic rings. The van der Waals surface area contributed by atoms with Crippen molar-refractivity contribution in [2.45, 2.75) is 40.0 Å². The number of nitrogens with zero attached hydrogens (tertiary/aromatic N) is 1. The first-order chi connectivity index (χ1) is 10.0. The fourth-order valence-electron chi connectivity index (χ4n) is 3.00. The van der Waals surface area contributed by atoms with Crippen LogP contribution in [0.25, 0.3) is 5.69 Å². The molecule has 0 saturated carbocycles. The molecule has 3 nitrogen and oxygen atoms in total. The molecule has 21 heavy (non-hydrogen) atoms. The molecule has 1 aliphatic carbocycles. The Labute approximate surface area is 125 Å². The lowest BCUT2D eigenvalue weighted by molar-refractivity contribution is 0.399. The van der Waals surface area contributed by atoms with Gasteiger partial charge in [0.15, 0.2) is 0 Å². The molecule has 0 aliphatic heterocycles. The number of benzene rings is 1. The lowest BCUT2D eigenvalue weighted by Gasteiger charge is -2.15. The fourth-order valence-corrected chi connectivity index (χ4v) is 3.00. The zero-order valence-corrected chi connectivity index (χ0v) is 12.8. The molecule has 0 radical (unpaired) electrons. The zero-order valence-electron chi connectivity index (χ0n) is 12.8. The van der Waals surface area contributed by atoms with Crippen LogP contribution in [-0.2, 0) is 19.3 Å². The Morgan fingerprint density at radius 2 is 1.57 bits per heavy atom. The summed E-state index contributed by atoms with van der Waals surface area (Å²) in [5.41, 5.74) is 6.27. The van der Waals surface area contributed by atoms with E-state index in [0.29, 0.717) is 12.8 Å². The van der Waals surface area contributed by atoms with Crippen LogP contribution < -0.4 is 0 Å². The number of hydrogen-bond donors (Lipinski definition) is 2. The van der Waals surface area contributed by atoms with Crippen molar-refractivity contribution in [1.82, 2.24) is 4.57 Å². The van der Waals surface area contributed by atoms with E-state index >= 15 is 0 Å². The van der Waals surface area contributed by atoms with Crippen molar-refractivity contribution in [3.63, 3.8) is 0 Å². The van der Waals surface area contributed by atoms with Gasteiger partial charge in [-0.3, -0.25) is 4.57 Å². The molecular formula is C18H21NO2. The summed E-state index contributed by atoms with van der Waals surface area (Å²) in [4.78, 5) is 0. The number of hydrogen-bond acceptors (Lipinski definition) is 2. The minimum atomic E-state index is 0.169. The van der Waals surface area contributed by atoms with E-state index in [4.69, 9.17) is 0 Å². The number of aromatic hydroxyl groups is 2. The van der Waals surface area contributed by atoms with Crippen molar-refractivity contribution in [2.24, 2.45) is 0 Å². The molecule has 0 fully saturated rings. The maximum absolute atomic E-state index is 10.6. The van der Waals surface area contributed by atoms with E-state index in [1.165, 1.54) is 16.7 Å². The number of rotatable bonds is 2. The summed E-state index contributed by atoms with van der Waals surface area (Å²) in [5, 5.41) is 21.1. The summed E-state index contributed by atoms with van der Waals surface area (Å²) in [6.45, 7) is 6.27. The second-order valence-corrected chi connectivity index (χ2v) is 5.88. The maximum atomic E-state index is 10.6. The van der Waals surface area contributed by atoms with E-state index in [9.17, 15) is 10.2 Å². The van der Waals surface area contributed by atoms with E-state index in [2.05, 4.69) is 26.8 Å². The predicted octanol–water partition coefficient (Wildman–Crippen LogP) is 3.89. The smallest absolute Gasteiger partial charge is 0.202 e. The first-order valence-electron chi connectivity index (χ1n) is 7.41. The van der Waals surface area contributed by atoms with Crippen molar-refractivity contribution in [1.29, 1.82) is 0 Å². The quantitative estimate of drug-likeness (QED) is 0.821. The van der Waals surface area contributed by atoms with Crippen LogP contribution in [0.2, 0.25) is 0 Å². The standard InChI is InChI=1S/C18H21NO2/c1-4-13-6-5-7-14(10-13)19-17(20)15-8-11(2)12(3)9-16(15)18(19)21/h5-7,10,20-21H,4,8-9H2,1-3H3. The van der Waals surface area contributed by atoms with Crippen LogP contribution in [-0.4, -0.2) is 14.8 Å². The largest absolute Gasteiger partial charge is 0.494 e. The SMILES string of the molecule is CCc1cccc(-n2c(O)c3c(c2O)CC(C)=C(C)C3)c1. The molecule has 3 heteroatoms. The third kappa shape index (κ3) is 2.13. The minimum absolute atomic E-state index is 0.169. The Kier molecular flexibility index (Phi) is 3.28. The number of allylic oxidation sites excluding steroid dienone is 2. The topological polar surface area (TPSA) is 45.4 Å². The van der Waals surface area contributed by atoms with Gasteiger partial charge in [0.2, 0.25) is 11.8 Å². The molecule has 1 aromatic carbocycles. The second-order valence-electron chi connectivity index (χ2n) is 5.88. The zero-order chi connectivity index (χ0) is 15.1. The van der Waals surface area contributed by atoms with Crippen molar-refractivity contribution < 1.29 is 10.2 Å². The van der Waals surface area contributed by atoms with Gasteiger partial charge < -0.3 is 10.2 Å². The normalized spacial score (nSPS) is 14.4. The first-order valence-corrected chi connectivity index (χ1v) is 7.41. The number of aromatic nitrogens is 1. The summed E-state index contributed by atoms with van der Waals surface area (Å²) in [5.74, 6) is 0.338. The van der Waals surface area contributed by atoms with Crippen LogP contribution >= 0.6 is 0 Å². The predicted molar refractivity (Wildman–Crippen MR) is 84.3 cm³/mol. The molecule has 0 amide bonds. The van der Waals surface area contributed by atoms with Gasteiger partial charge in [-0.1, -0.05) is 30.2 Å². The molecule has 0 spiro atoms. The number of fused-ring (bicyclic) bond motifs is 1. The van der Waals surface area contributed by atoms with Crippen molar-refractivity contribution in [3.05, 3.63) is 52.1 Å². The molecule has 0 atom stereocenters. The lowest BCUT2D eigenvalue weighted by atomic mass is 9.90. The summed E-state index contributed by atoms with van der Waals surface area (Å²) in [6, 6.07) is 7.94. The highest BCUT2D eigenvalue weighted by atomic mass is 16.3. The van der Waals surface area contributed by atoms with Crippen LogP contribution in [0.4, 0.5) is 0 Å². The Morgan fingerprint density at radius 1 is 1.00 bits per heavy atom. The molecule has 2 N–H and O–H groups in total. The van der Waals surface area contributed by atoms with E-state index in [1.54, 1.807) is 4.57 Å². The van der Waals surface area contributed by atoms with Crippen LogP contribution in [0.5, 0.6) is 11.8 Å². The van der Waals surface area contributed by atoms with Crippen LogP contribution in [0, 0.1) is 0 Å². The third-order valence-corrected chi connectivity index (χ3v) is 4.52. The Hall–Kier alpha value is -2.16. The van der Waals surface area contributed by atoms with E-state index in [-0.39, 0.29) is 11.8 Å². The molecular weight excluding hydrogens is 262 g/mol. The highest BCUT2D eigenvalue weighted by Gasteiger charge is 2.26. The molecule has 1 heterocycles. The molecule has 2 aromatic rings. The molecule has 0 unspecified atom stereocenters. The van der Waals surface area contributed by atoms with Gasteiger partial charge in [-0.05, 0) is 50.8 Å². The molecule has 110 valence electrons. The van der Waals surface area contributed by atoms with Crippen molar-refractivity contribution in [3.8, 4) is 17.4 Å².